The van der Waals surface area contributed by atoms with Crippen molar-refractivity contribution >= 4 is 17.6 Å². The third kappa shape index (κ3) is 6.82. The molecule has 2 rings (SSSR count). The molecule has 1 heterocycles. The minimum atomic E-state index is -0.380. The van der Waals surface area contributed by atoms with Gasteiger partial charge in [0.25, 0.3) is 0 Å². The van der Waals surface area contributed by atoms with Crippen LogP contribution in [0.3, 0.4) is 0 Å². The lowest BCUT2D eigenvalue weighted by molar-refractivity contribution is -0.117. The van der Waals surface area contributed by atoms with E-state index in [9.17, 15) is 14.0 Å². The van der Waals surface area contributed by atoms with Gasteiger partial charge in [0, 0.05) is 25.2 Å². The van der Waals surface area contributed by atoms with Crippen molar-refractivity contribution < 1.29 is 14.0 Å². The number of amides is 3. The van der Waals surface area contributed by atoms with Gasteiger partial charge in [0.15, 0.2) is 0 Å². The summed E-state index contributed by atoms with van der Waals surface area (Å²) >= 11 is 0. The summed E-state index contributed by atoms with van der Waals surface area (Å²) in [5.74, 6) is -0.490. The quantitative estimate of drug-likeness (QED) is 0.616. The lowest BCUT2D eigenvalue weighted by Gasteiger charge is -2.21. The first kappa shape index (κ1) is 21.2. The van der Waals surface area contributed by atoms with Crippen LogP contribution in [-0.2, 0) is 4.79 Å². The third-order valence-electron chi connectivity index (χ3n) is 4.60. The van der Waals surface area contributed by atoms with Gasteiger partial charge < -0.3 is 20.4 Å². The van der Waals surface area contributed by atoms with Gasteiger partial charge >= 0.3 is 6.03 Å². The summed E-state index contributed by atoms with van der Waals surface area (Å²) in [4.78, 5) is 28.2. The molecule has 0 radical (unpaired) electrons. The fraction of sp³-hybridized carbons (Fsp3) is 0.600. The van der Waals surface area contributed by atoms with Crippen LogP contribution in [0.25, 0.3) is 0 Å². The Bertz CT molecular complexity index is 620. The number of hydrogen-bond acceptors (Lipinski definition) is 3. The van der Waals surface area contributed by atoms with E-state index in [1.54, 1.807) is 12.1 Å². The first-order valence-electron chi connectivity index (χ1n) is 9.86. The molecule has 1 aromatic carbocycles. The normalized spacial score (nSPS) is 16.8. The number of halogens is 1. The van der Waals surface area contributed by atoms with Crippen LogP contribution in [0.1, 0.15) is 39.5 Å². The molecule has 1 saturated heterocycles. The van der Waals surface area contributed by atoms with Crippen molar-refractivity contribution in [1.82, 2.24) is 15.5 Å². The zero-order valence-corrected chi connectivity index (χ0v) is 16.3. The Morgan fingerprint density at radius 2 is 2.00 bits per heavy atom. The van der Waals surface area contributed by atoms with E-state index < -0.39 is 0 Å². The predicted octanol–water partition coefficient (Wildman–Crippen LogP) is 2.74. The molecule has 1 atom stereocenters. The molecule has 7 heteroatoms. The number of benzene rings is 1. The van der Waals surface area contributed by atoms with Crippen LogP contribution in [0.15, 0.2) is 24.3 Å². The highest BCUT2D eigenvalue weighted by atomic mass is 19.1. The van der Waals surface area contributed by atoms with Crippen molar-refractivity contribution in [2.24, 2.45) is 0 Å². The lowest BCUT2D eigenvalue weighted by atomic mass is 10.2. The highest BCUT2D eigenvalue weighted by Crippen LogP contribution is 2.22. The van der Waals surface area contributed by atoms with E-state index in [-0.39, 0.29) is 30.2 Å². The Morgan fingerprint density at radius 3 is 2.67 bits per heavy atom. The van der Waals surface area contributed by atoms with E-state index in [2.05, 4.69) is 29.4 Å². The number of anilines is 1. The summed E-state index contributed by atoms with van der Waals surface area (Å²) in [5, 5.41) is 5.70. The smallest absolute Gasteiger partial charge is 0.315 e. The summed E-state index contributed by atoms with van der Waals surface area (Å²) < 4.78 is 13.4. The minimum Gasteiger partial charge on any atom is -0.338 e. The number of rotatable bonds is 10. The highest BCUT2D eigenvalue weighted by Gasteiger charge is 2.31. The minimum absolute atomic E-state index is 0.110. The molecule has 27 heavy (non-hydrogen) atoms. The first-order valence-corrected chi connectivity index (χ1v) is 9.86. The summed E-state index contributed by atoms with van der Waals surface area (Å²) in [7, 11) is 0. The highest BCUT2D eigenvalue weighted by molar-refractivity contribution is 5.96. The van der Waals surface area contributed by atoms with Crippen LogP contribution < -0.4 is 15.5 Å². The molecule has 2 N–H and O–H groups in total. The number of carbonyl (C=O) groups is 2. The van der Waals surface area contributed by atoms with Gasteiger partial charge in [-0.2, -0.15) is 0 Å². The second-order valence-corrected chi connectivity index (χ2v) is 6.98. The standard InChI is InChI=1S/C20H31FN4O2/c1-3-10-24(11-4-2)12-6-9-22-20(27)23-17-14-19(26)25(15-17)18-8-5-7-16(21)13-18/h5,7-8,13,17H,3-4,6,9-12,14-15H2,1-2H3,(H2,22,23,27)/t17-/m1/s1. The Labute approximate surface area is 161 Å². The number of hydrogen-bond donors (Lipinski definition) is 2. The van der Waals surface area contributed by atoms with E-state index in [0.29, 0.717) is 18.8 Å². The molecule has 0 saturated carbocycles. The van der Waals surface area contributed by atoms with Gasteiger partial charge in [-0.15, -0.1) is 0 Å². The van der Waals surface area contributed by atoms with Crippen molar-refractivity contribution in [2.45, 2.75) is 45.6 Å². The van der Waals surface area contributed by atoms with E-state index in [0.717, 1.165) is 38.9 Å². The SMILES string of the molecule is CCCN(CCC)CCCNC(=O)N[C@@H]1CC(=O)N(c2cccc(F)c2)C1. The van der Waals surface area contributed by atoms with Crippen LogP contribution in [-0.4, -0.2) is 55.6 Å². The maximum absolute atomic E-state index is 13.4. The van der Waals surface area contributed by atoms with Crippen LogP contribution >= 0.6 is 0 Å². The molecule has 1 aromatic rings. The monoisotopic (exact) mass is 378 g/mol. The van der Waals surface area contributed by atoms with E-state index >= 15 is 0 Å². The Balaban J connectivity index is 1.71. The molecule has 1 aliphatic heterocycles. The zero-order chi connectivity index (χ0) is 19.6. The van der Waals surface area contributed by atoms with Crippen molar-refractivity contribution in [3.8, 4) is 0 Å². The first-order chi connectivity index (χ1) is 13.0. The van der Waals surface area contributed by atoms with Gasteiger partial charge in [-0.3, -0.25) is 4.79 Å². The van der Waals surface area contributed by atoms with Gasteiger partial charge in [0.1, 0.15) is 5.82 Å². The topological polar surface area (TPSA) is 64.7 Å². The van der Waals surface area contributed by atoms with Crippen LogP contribution in [0.5, 0.6) is 0 Å². The van der Waals surface area contributed by atoms with Crippen molar-refractivity contribution in [1.29, 1.82) is 0 Å². The molecule has 1 aliphatic rings. The second kappa shape index (κ2) is 10.9. The molecule has 0 aliphatic carbocycles. The molecular formula is C20H31FN4O2. The molecule has 0 aromatic heterocycles. The summed E-state index contributed by atoms with van der Waals surface area (Å²) in [6.45, 7) is 8.44. The summed E-state index contributed by atoms with van der Waals surface area (Å²) in [6, 6.07) is 5.42. The van der Waals surface area contributed by atoms with Crippen LogP contribution in [0.2, 0.25) is 0 Å². The molecule has 3 amide bonds. The molecule has 0 spiro atoms. The summed E-state index contributed by atoms with van der Waals surface area (Å²) in [6.07, 6.45) is 3.38. The average Bonchev–Trinajstić information content (AvgIpc) is 2.99. The maximum Gasteiger partial charge on any atom is 0.315 e. The molecule has 1 fully saturated rings. The number of nitrogens with zero attached hydrogens (tertiary/aromatic N) is 2. The lowest BCUT2D eigenvalue weighted by Crippen LogP contribution is -2.44. The third-order valence-corrected chi connectivity index (χ3v) is 4.60. The van der Waals surface area contributed by atoms with Gasteiger partial charge in [0.05, 0.1) is 6.04 Å². The zero-order valence-electron chi connectivity index (χ0n) is 16.3. The van der Waals surface area contributed by atoms with Gasteiger partial charge in [0.2, 0.25) is 5.91 Å². The van der Waals surface area contributed by atoms with E-state index in [4.69, 9.17) is 0 Å². The number of nitrogens with one attached hydrogen (secondary N) is 2. The van der Waals surface area contributed by atoms with Crippen LogP contribution in [0, 0.1) is 5.82 Å². The predicted molar refractivity (Wildman–Crippen MR) is 105 cm³/mol. The largest absolute Gasteiger partial charge is 0.338 e. The van der Waals surface area contributed by atoms with E-state index in [1.165, 1.54) is 17.0 Å². The van der Waals surface area contributed by atoms with Crippen molar-refractivity contribution in [3.63, 3.8) is 0 Å². The Hall–Kier alpha value is -2.15. The second-order valence-electron chi connectivity index (χ2n) is 6.98. The Morgan fingerprint density at radius 1 is 1.26 bits per heavy atom. The molecular weight excluding hydrogens is 347 g/mol. The molecule has 150 valence electrons. The van der Waals surface area contributed by atoms with Crippen molar-refractivity contribution in [2.75, 3.05) is 37.6 Å². The fourth-order valence-corrected chi connectivity index (χ4v) is 3.41. The van der Waals surface area contributed by atoms with E-state index in [1.807, 2.05) is 0 Å². The average molecular weight is 378 g/mol. The Kier molecular flexibility index (Phi) is 8.51. The summed E-state index contributed by atoms with van der Waals surface area (Å²) in [5.41, 5.74) is 0.525. The van der Waals surface area contributed by atoms with Gasteiger partial charge in [-0.1, -0.05) is 19.9 Å². The number of carbonyl (C=O) groups excluding carboxylic acids is 2. The molecule has 0 unspecified atom stereocenters. The number of urea groups is 1. The fourth-order valence-electron chi connectivity index (χ4n) is 3.41. The van der Waals surface area contributed by atoms with Gasteiger partial charge in [-0.05, 0) is 57.1 Å². The van der Waals surface area contributed by atoms with Crippen LogP contribution in [0.4, 0.5) is 14.9 Å². The van der Waals surface area contributed by atoms with Gasteiger partial charge in [-0.25, -0.2) is 9.18 Å². The van der Waals surface area contributed by atoms with Crippen molar-refractivity contribution in [3.05, 3.63) is 30.1 Å². The molecule has 0 bridgehead atoms. The molecule has 6 nitrogen and oxygen atoms in total. The maximum atomic E-state index is 13.4.